The first kappa shape index (κ1) is 18.9. The van der Waals surface area contributed by atoms with Crippen molar-refractivity contribution in [3.05, 3.63) is 64.2 Å². The van der Waals surface area contributed by atoms with Gasteiger partial charge in [-0.2, -0.15) is 0 Å². The Kier molecular flexibility index (Phi) is 5.75. The molecule has 27 heavy (non-hydrogen) atoms. The lowest BCUT2D eigenvalue weighted by Crippen LogP contribution is -2.40. The van der Waals surface area contributed by atoms with Crippen LogP contribution in [0.25, 0.3) is 0 Å². The minimum absolute atomic E-state index is 0.142. The van der Waals surface area contributed by atoms with Gasteiger partial charge in [-0.15, -0.1) is 0 Å². The van der Waals surface area contributed by atoms with Gasteiger partial charge in [-0.3, -0.25) is 19.7 Å². The number of nitro benzene ring substituents is 1. The van der Waals surface area contributed by atoms with Gasteiger partial charge in [-0.05, 0) is 31.0 Å². The van der Waals surface area contributed by atoms with E-state index in [4.69, 9.17) is 5.11 Å². The van der Waals surface area contributed by atoms with Crippen LogP contribution in [0.15, 0.2) is 58.3 Å². The maximum atomic E-state index is 13.0. The number of hydrogen-bond acceptors (Lipinski definition) is 5. The molecular formula is C19H18N2O5S. The second kappa shape index (κ2) is 8.22. The third-order valence-electron chi connectivity index (χ3n) is 4.51. The maximum absolute atomic E-state index is 13.0. The molecule has 8 heteroatoms. The number of benzene rings is 2. The van der Waals surface area contributed by atoms with Gasteiger partial charge in [0.05, 0.1) is 16.4 Å². The number of carboxylic acids is 1. The Morgan fingerprint density at radius 1 is 1.11 bits per heavy atom. The van der Waals surface area contributed by atoms with E-state index in [1.165, 1.54) is 23.9 Å². The lowest BCUT2D eigenvalue weighted by atomic mass is 9.96. The number of carboxylic acid groups (broad SMARTS) is 1. The number of non-ortho nitro benzene ring substituents is 1. The van der Waals surface area contributed by atoms with Crippen molar-refractivity contribution in [2.24, 2.45) is 5.92 Å². The van der Waals surface area contributed by atoms with E-state index < -0.39 is 16.8 Å². The summed E-state index contributed by atoms with van der Waals surface area (Å²) in [6.07, 6.45) is 0.772. The number of hydrogen-bond donors (Lipinski definition) is 1. The quantitative estimate of drug-likeness (QED) is 0.621. The summed E-state index contributed by atoms with van der Waals surface area (Å²) in [5.74, 6) is -1.60. The number of aliphatic carboxylic acids is 1. The third kappa shape index (κ3) is 4.46. The predicted octanol–water partition coefficient (Wildman–Crippen LogP) is 3.68. The molecule has 1 aliphatic rings. The van der Waals surface area contributed by atoms with Gasteiger partial charge in [0.15, 0.2) is 0 Å². The highest BCUT2D eigenvalue weighted by Crippen LogP contribution is 2.33. The van der Waals surface area contributed by atoms with E-state index in [0.29, 0.717) is 30.8 Å². The average molecular weight is 386 g/mol. The molecule has 140 valence electrons. The lowest BCUT2D eigenvalue weighted by molar-refractivity contribution is -0.384. The molecule has 0 spiro atoms. The van der Waals surface area contributed by atoms with Crippen LogP contribution in [-0.2, 0) is 4.79 Å². The topological polar surface area (TPSA) is 101 Å². The minimum Gasteiger partial charge on any atom is -0.481 e. The fourth-order valence-corrected chi connectivity index (χ4v) is 3.94. The molecule has 0 aromatic heterocycles. The predicted molar refractivity (Wildman–Crippen MR) is 99.9 cm³/mol. The molecule has 0 aliphatic carbocycles. The Hall–Kier alpha value is -2.87. The highest BCUT2D eigenvalue weighted by atomic mass is 32.2. The normalized spacial score (nSPS) is 14.7. The highest BCUT2D eigenvalue weighted by molar-refractivity contribution is 7.99. The number of rotatable bonds is 5. The molecule has 3 rings (SSSR count). The van der Waals surface area contributed by atoms with Crippen LogP contribution < -0.4 is 0 Å². The van der Waals surface area contributed by atoms with Gasteiger partial charge < -0.3 is 10.0 Å². The van der Waals surface area contributed by atoms with Gasteiger partial charge in [0.25, 0.3) is 11.6 Å². The van der Waals surface area contributed by atoms with Crippen LogP contribution in [-0.4, -0.2) is 39.9 Å². The van der Waals surface area contributed by atoms with Crippen molar-refractivity contribution in [2.45, 2.75) is 22.6 Å². The summed E-state index contributed by atoms with van der Waals surface area (Å²) in [6, 6.07) is 13.7. The summed E-state index contributed by atoms with van der Waals surface area (Å²) in [6.45, 7) is 0.655. The molecule has 1 aliphatic heterocycles. The Labute approximate surface area is 160 Å². The Bertz CT molecular complexity index is 864. The summed E-state index contributed by atoms with van der Waals surface area (Å²) < 4.78 is 0. The number of likely N-dealkylation sites (tertiary alicyclic amines) is 1. The van der Waals surface area contributed by atoms with Crippen molar-refractivity contribution in [2.75, 3.05) is 13.1 Å². The summed E-state index contributed by atoms with van der Waals surface area (Å²) in [5, 5.41) is 20.3. The van der Waals surface area contributed by atoms with Gasteiger partial charge in [0, 0.05) is 35.0 Å². The van der Waals surface area contributed by atoms with E-state index in [0.717, 1.165) is 4.90 Å². The number of nitrogens with zero attached hydrogens (tertiary/aromatic N) is 2. The van der Waals surface area contributed by atoms with E-state index in [1.807, 2.05) is 30.3 Å². The van der Waals surface area contributed by atoms with E-state index in [9.17, 15) is 19.7 Å². The van der Waals surface area contributed by atoms with Gasteiger partial charge >= 0.3 is 5.97 Å². The average Bonchev–Trinajstić information content (AvgIpc) is 2.68. The molecule has 1 heterocycles. The molecule has 1 fully saturated rings. The van der Waals surface area contributed by atoms with Gasteiger partial charge in [0.1, 0.15) is 0 Å². The lowest BCUT2D eigenvalue weighted by Gasteiger charge is -2.30. The first-order chi connectivity index (χ1) is 13.0. The van der Waals surface area contributed by atoms with Crippen LogP contribution in [0.2, 0.25) is 0 Å². The molecule has 1 N–H and O–H groups in total. The number of carbonyl (C=O) groups is 2. The zero-order valence-electron chi connectivity index (χ0n) is 14.4. The van der Waals surface area contributed by atoms with Crippen LogP contribution in [0.5, 0.6) is 0 Å². The minimum atomic E-state index is -0.849. The van der Waals surface area contributed by atoms with Crippen LogP contribution in [0.4, 0.5) is 5.69 Å². The summed E-state index contributed by atoms with van der Waals surface area (Å²) in [4.78, 5) is 37.9. The fourth-order valence-electron chi connectivity index (χ4n) is 3.00. The molecule has 0 radical (unpaired) electrons. The standard InChI is InChI=1S/C19H18N2O5S/c22-18(20-10-8-13(9-11-20)19(23)24)16-12-14(21(25)26)6-7-17(16)27-15-4-2-1-3-5-15/h1-7,12-13H,8-11H2,(H,23,24). The van der Waals surface area contributed by atoms with Crippen molar-refractivity contribution in [3.8, 4) is 0 Å². The summed E-state index contributed by atoms with van der Waals surface area (Å²) in [7, 11) is 0. The van der Waals surface area contributed by atoms with Crippen molar-refractivity contribution in [1.82, 2.24) is 4.90 Å². The smallest absolute Gasteiger partial charge is 0.306 e. The van der Waals surface area contributed by atoms with E-state index in [-0.39, 0.29) is 17.2 Å². The Balaban J connectivity index is 1.87. The van der Waals surface area contributed by atoms with Crippen LogP contribution in [0, 0.1) is 16.0 Å². The number of carbonyl (C=O) groups excluding carboxylic acids is 1. The molecule has 0 atom stereocenters. The number of nitro groups is 1. The first-order valence-electron chi connectivity index (χ1n) is 8.49. The molecular weight excluding hydrogens is 368 g/mol. The largest absolute Gasteiger partial charge is 0.481 e. The maximum Gasteiger partial charge on any atom is 0.306 e. The van der Waals surface area contributed by atoms with Gasteiger partial charge in [-0.25, -0.2) is 0 Å². The Morgan fingerprint density at radius 2 is 1.78 bits per heavy atom. The SMILES string of the molecule is O=C(O)C1CCN(C(=O)c2cc([N+](=O)[O-])ccc2Sc2ccccc2)CC1. The van der Waals surface area contributed by atoms with Crippen LogP contribution in [0.3, 0.4) is 0 Å². The highest BCUT2D eigenvalue weighted by Gasteiger charge is 2.29. The van der Waals surface area contributed by atoms with Crippen molar-refractivity contribution in [1.29, 1.82) is 0 Å². The van der Waals surface area contributed by atoms with Gasteiger partial charge in [0.2, 0.25) is 0 Å². The van der Waals surface area contributed by atoms with Gasteiger partial charge in [-0.1, -0.05) is 30.0 Å². The molecule has 0 saturated carbocycles. The molecule has 0 bridgehead atoms. The molecule has 0 unspecified atom stereocenters. The van der Waals surface area contributed by atoms with E-state index in [2.05, 4.69) is 0 Å². The zero-order chi connectivity index (χ0) is 19.4. The molecule has 7 nitrogen and oxygen atoms in total. The second-order valence-corrected chi connectivity index (χ2v) is 7.37. The van der Waals surface area contributed by atoms with Crippen molar-refractivity contribution in [3.63, 3.8) is 0 Å². The van der Waals surface area contributed by atoms with Crippen LogP contribution >= 0.6 is 11.8 Å². The number of amides is 1. The molecule has 2 aromatic carbocycles. The van der Waals surface area contributed by atoms with E-state index >= 15 is 0 Å². The second-order valence-electron chi connectivity index (χ2n) is 6.26. The summed E-state index contributed by atoms with van der Waals surface area (Å²) >= 11 is 1.37. The fraction of sp³-hybridized carbons (Fsp3) is 0.263. The first-order valence-corrected chi connectivity index (χ1v) is 9.31. The third-order valence-corrected chi connectivity index (χ3v) is 5.59. The molecule has 2 aromatic rings. The zero-order valence-corrected chi connectivity index (χ0v) is 15.2. The molecule has 1 saturated heterocycles. The summed E-state index contributed by atoms with van der Waals surface area (Å²) in [5.41, 5.74) is 0.128. The number of piperidine rings is 1. The Morgan fingerprint density at radius 3 is 2.37 bits per heavy atom. The van der Waals surface area contributed by atoms with E-state index in [1.54, 1.807) is 11.0 Å². The van der Waals surface area contributed by atoms with Crippen molar-refractivity contribution < 1.29 is 19.6 Å². The monoisotopic (exact) mass is 386 g/mol. The molecule has 1 amide bonds. The van der Waals surface area contributed by atoms with Crippen molar-refractivity contribution >= 4 is 29.3 Å². The van der Waals surface area contributed by atoms with Crippen LogP contribution in [0.1, 0.15) is 23.2 Å².